The van der Waals surface area contributed by atoms with Gasteiger partial charge in [-0.1, -0.05) is 15.9 Å². The van der Waals surface area contributed by atoms with E-state index in [-0.39, 0.29) is 0 Å². The van der Waals surface area contributed by atoms with Gasteiger partial charge in [0, 0.05) is 11.5 Å². The Balaban J connectivity index is 3.25. The van der Waals surface area contributed by atoms with Crippen LogP contribution in [-0.4, -0.2) is 31.7 Å². The number of carbonyl (C=O) groups excluding carboxylic acids is 1. The molecule has 2 N–H and O–H groups in total. The van der Waals surface area contributed by atoms with Crippen molar-refractivity contribution in [3.05, 3.63) is 28.5 Å². The smallest absolute Gasteiger partial charge is 0.246 e. The highest BCUT2D eigenvalue weighted by Crippen LogP contribution is 2.22. The average Bonchev–Trinajstić information content (AvgIpc) is 2.26. The molecule has 0 spiro atoms. The number of hydrogen-bond donors (Lipinski definition) is 1. The summed E-state index contributed by atoms with van der Waals surface area (Å²) < 4.78 is 38.9. The van der Waals surface area contributed by atoms with Gasteiger partial charge < -0.3 is 5.73 Å². The van der Waals surface area contributed by atoms with E-state index in [1.807, 2.05) is 0 Å². The number of primary amides is 1. The highest BCUT2D eigenvalue weighted by Gasteiger charge is 2.30. The molecule has 0 aromatic heterocycles. The summed E-state index contributed by atoms with van der Waals surface area (Å²) in [7, 11) is -2.92. The van der Waals surface area contributed by atoms with E-state index < -0.39 is 32.7 Å². The van der Waals surface area contributed by atoms with E-state index in [1.54, 1.807) is 0 Å². The van der Waals surface area contributed by atoms with Gasteiger partial charge in [0.05, 0.1) is 0 Å². The molecular weight excluding hydrogens is 327 g/mol. The average molecular weight is 339 g/mol. The molecule has 18 heavy (non-hydrogen) atoms. The number of halogens is 2. The fourth-order valence-electron chi connectivity index (χ4n) is 1.23. The van der Waals surface area contributed by atoms with Crippen molar-refractivity contribution in [2.24, 2.45) is 5.73 Å². The molecule has 0 saturated heterocycles. The van der Waals surface area contributed by atoms with Gasteiger partial charge in [-0.05, 0) is 25.1 Å². The van der Waals surface area contributed by atoms with Gasteiger partial charge in [0.2, 0.25) is 15.9 Å². The summed E-state index contributed by atoms with van der Waals surface area (Å²) in [5.41, 5.74) is 5.03. The van der Waals surface area contributed by atoms with Crippen LogP contribution in [0.3, 0.4) is 0 Å². The van der Waals surface area contributed by atoms with E-state index in [9.17, 15) is 17.6 Å². The molecule has 100 valence electrons. The minimum Gasteiger partial charge on any atom is -0.368 e. The topological polar surface area (TPSA) is 80.5 Å². The highest BCUT2D eigenvalue weighted by atomic mass is 79.9. The second kappa shape index (κ2) is 5.33. The van der Waals surface area contributed by atoms with Crippen LogP contribution in [0.25, 0.3) is 0 Å². The first-order valence-electron chi connectivity index (χ1n) is 4.90. The van der Waals surface area contributed by atoms with Crippen LogP contribution in [0.15, 0.2) is 27.6 Å². The lowest BCUT2D eigenvalue weighted by Gasteiger charge is -2.21. The van der Waals surface area contributed by atoms with Gasteiger partial charge in [0.15, 0.2) is 0 Å². The van der Waals surface area contributed by atoms with Crippen molar-refractivity contribution in [3.8, 4) is 0 Å². The second-order valence-corrected chi connectivity index (χ2v) is 6.56. The molecule has 8 heteroatoms. The lowest BCUT2D eigenvalue weighted by atomic mass is 10.3. The van der Waals surface area contributed by atoms with Crippen molar-refractivity contribution in [1.29, 1.82) is 0 Å². The third-order valence-electron chi connectivity index (χ3n) is 2.51. The quantitative estimate of drug-likeness (QED) is 0.891. The monoisotopic (exact) mass is 338 g/mol. The molecule has 0 radical (unpaired) electrons. The number of nitrogens with zero attached hydrogens (tertiary/aromatic N) is 1. The molecule has 0 aliphatic heterocycles. The van der Waals surface area contributed by atoms with Crippen LogP contribution in [0.4, 0.5) is 4.39 Å². The zero-order valence-corrected chi connectivity index (χ0v) is 12.1. The normalized spacial score (nSPS) is 13.6. The van der Waals surface area contributed by atoms with E-state index in [1.165, 1.54) is 20.0 Å². The lowest BCUT2D eigenvalue weighted by Crippen LogP contribution is -2.43. The third-order valence-corrected chi connectivity index (χ3v) is 4.96. The Morgan fingerprint density at radius 3 is 2.50 bits per heavy atom. The summed E-state index contributed by atoms with van der Waals surface area (Å²) >= 11 is 3.03. The van der Waals surface area contributed by atoms with Gasteiger partial charge in [0.1, 0.15) is 16.8 Å². The Kier molecular flexibility index (Phi) is 4.46. The van der Waals surface area contributed by atoms with E-state index in [2.05, 4.69) is 15.9 Å². The van der Waals surface area contributed by atoms with Gasteiger partial charge in [-0.2, -0.15) is 4.31 Å². The molecule has 1 amide bonds. The SMILES string of the molecule is C[C@H](C(N)=O)N(C)S(=O)(=O)c1ccc(Br)cc1F. The number of sulfonamides is 1. The van der Waals surface area contributed by atoms with Crippen molar-refractivity contribution in [2.45, 2.75) is 17.9 Å². The van der Waals surface area contributed by atoms with Crippen LogP contribution in [0.5, 0.6) is 0 Å². The first-order chi connectivity index (χ1) is 8.17. The van der Waals surface area contributed by atoms with Crippen molar-refractivity contribution in [2.75, 3.05) is 7.05 Å². The molecule has 0 saturated carbocycles. The summed E-state index contributed by atoms with van der Waals surface area (Å²) in [6.45, 7) is 1.33. The molecule has 0 aliphatic carbocycles. The predicted molar refractivity (Wildman–Crippen MR) is 67.7 cm³/mol. The molecule has 0 aliphatic rings. The number of hydrogen-bond acceptors (Lipinski definition) is 3. The Morgan fingerprint density at radius 1 is 1.50 bits per heavy atom. The summed E-state index contributed by atoms with van der Waals surface area (Å²) in [5.74, 6) is -1.70. The molecule has 5 nitrogen and oxygen atoms in total. The number of benzene rings is 1. The Labute approximate surface area is 113 Å². The second-order valence-electron chi connectivity index (χ2n) is 3.67. The molecule has 1 aromatic rings. The zero-order valence-electron chi connectivity index (χ0n) is 9.72. The summed E-state index contributed by atoms with van der Waals surface area (Å²) in [6, 6.07) is 2.51. The zero-order chi connectivity index (χ0) is 14.1. The molecule has 0 heterocycles. The van der Waals surface area contributed by atoms with E-state index in [4.69, 9.17) is 5.73 Å². The van der Waals surface area contributed by atoms with Gasteiger partial charge in [-0.3, -0.25) is 4.79 Å². The summed E-state index contributed by atoms with van der Waals surface area (Å²) in [5, 5.41) is 0. The molecule has 0 fully saturated rings. The van der Waals surface area contributed by atoms with Gasteiger partial charge in [0.25, 0.3) is 0 Å². The van der Waals surface area contributed by atoms with Crippen molar-refractivity contribution >= 4 is 31.9 Å². The number of amides is 1. The maximum atomic E-state index is 13.6. The van der Waals surface area contributed by atoms with E-state index >= 15 is 0 Å². The largest absolute Gasteiger partial charge is 0.368 e. The Hall–Kier alpha value is -0.990. The van der Waals surface area contributed by atoms with Gasteiger partial charge in [-0.25, -0.2) is 12.8 Å². The van der Waals surface area contributed by atoms with Crippen LogP contribution in [0.2, 0.25) is 0 Å². The summed E-state index contributed by atoms with van der Waals surface area (Å²) in [6.07, 6.45) is 0. The van der Waals surface area contributed by atoms with Crippen LogP contribution in [0, 0.1) is 5.82 Å². The summed E-state index contributed by atoms with van der Waals surface area (Å²) in [4.78, 5) is 10.5. The molecule has 0 bridgehead atoms. The van der Waals surface area contributed by atoms with E-state index in [0.29, 0.717) is 4.47 Å². The lowest BCUT2D eigenvalue weighted by molar-refractivity contribution is -0.120. The maximum Gasteiger partial charge on any atom is 0.246 e. The highest BCUT2D eigenvalue weighted by molar-refractivity contribution is 9.10. The molecule has 1 aromatic carbocycles. The molecular formula is C10H12BrFN2O3S. The van der Waals surface area contributed by atoms with Gasteiger partial charge >= 0.3 is 0 Å². The van der Waals surface area contributed by atoms with Crippen LogP contribution < -0.4 is 5.73 Å². The van der Waals surface area contributed by atoms with Crippen LogP contribution in [0.1, 0.15) is 6.92 Å². The Morgan fingerprint density at radius 2 is 2.06 bits per heavy atom. The first-order valence-corrected chi connectivity index (χ1v) is 7.13. The number of rotatable bonds is 4. The van der Waals surface area contributed by atoms with Crippen molar-refractivity contribution in [1.82, 2.24) is 4.31 Å². The molecule has 0 unspecified atom stereocenters. The van der Waals surface area contributed by atoms with E-state index in [0.717, 1.165) is 16.4 Å². The van der Waals surface area contributed by atoms with Crippen LogP contribution >= 0.6 is 15.9 Å². The molecule has 1 atom stereocenters. The Bertz CT molecular complexity index is 576. The maximum absolute atomic E-state index is 13.6. The predicted octanol–water partition coefficient (Wildman–Crippen LogP) is 1.08. The molecule has 1 rings (SSSR count). The fraction of sp³-hybridized carbons (Fsp3) is 0.300. The first kappa shape index (κ1) is 15.1. The van der Waals surface area contributed by atoms with Crippen LogP contribution in [-0.2, 0) is 14.8 Å². The number of likely N-dealkylation sites (N-methyl/N-ethyl adjacent to an activating group) is 1. The standard InChI is InChI=1S/C10H12BrFN2O3S/c1-6(10(13)15)14(2)18(16,17)9-4-3-7(11)5-8(9)12/h3-6H,1-2H3,(H2,13,15)/t6-/m1/s1. The van der Waals surface area contributed by atoms with Crippen molar-refractivity contribution in [3.63, 3.8) is 0 Å². The third kappa shape index (κ3) is 2.88. The minimum atomic E-state index is -4.09. The minimum absolute atomic E-state index is 0.421. The number of nitrogens with two attached hydrogens (primary N) is 1. The van der Waals surface area contributed by atoms with Crippen molar-refractivity contribution < 1.29 is 17.6 Å². The number of carbonyl (C=O) groups is 1. The fourth-order valence-corrected chi connectivity index (χ4v) is 2.94. The van der Waals surface area contributed by atoms with Gasteiger partial charge in [-0.15, -0.1) is 0 Å².